The lowest BCUT2D eigenvalue weighted by Gasteiger charge is -2.44. The lowest BCUT2D eigenvalue weighted by Crippen LogP contribution is -2.48. The molecular formula is C21H26N4O4. The Morgan fingerprint density at radius 2 is 1.86 bits per heavy atom. The number of hydrogen-bond acceptors (Lipinski definition) is 6. The fourth-order valence-electron chi connectivity index (χ4n) is 5.15. The van der Waals surface area contributed by atoms with E-state index in [1.807, 2.05) is 22.9 Å². The summed E-state index contributed by atoms with van der Waals surface area (Å²) < 4.78 is 12.7. The largest absolute Gasteiger partial charge is 0.490 e. The summed E-state index contributed by atoms with van der Waals surface area (Å²) in [6.07, 6.45) is 5.82. The van der Waals surface area contributed by atoms with Gasteiger partial charge in [-0.2, -0.15) is 5.10 Å². The van der Waals surface area contributed by atoms with Crippen molar-refractivity contribution in [2.24, 2.45) is 11.7 Å². The van der Waals surface area contributed by atoms with Crippen LogP contribution in [0.4, 0.5) is 4.79 Å². The highest BCUT2D eigenvalue weighted by molar-refractivity contribution is 6.05. The molecule has 4 aliphatic rings. The number of nitrogens with two attached hydrogens (primary N) is 1. The second-order valence-corrected chi connectivity index (χ2v) is 8.41. The predicted octanol–water partition coefficient (Wildman–Crippen LogP) is 2.86. The molecule has 6 rings (SSSR count). The van der Waals surface area contributed by atoms with Crippen molar-refractivity contribution in [3.8, 4) is 5.75 Å². The molecule has 3 aliphatic heterocycles. The van der Waals surface area contributed by atoms with Crippen LogP contribution < -0.4 is 10.5 Å². The average Bonchev–Trinajstić information content (AvgIpc) is 3.36. The van der Waals surface area contributed by atoms with Crippen LogP contribution in [0.2, 0.25) is 0 Å². The molecule has 3 saturated heterocycles. The van der Waals surface area contributed by atoms with E-state index in [0.717, 1.165) is 50.8 Å². The minimum absolute atomic E-state index is 0.118. The molecule has 154 valence electrons. The van der Waals surface area contributed by atoms with Gasteiger partial charge in [0, 0.05) is 11.9 Å². The van der Waals surface area contributed by atoms with Gasteiger partial charge in [-0.1, -0.05) is 0 Å². The molecule has 0 spiro atoms. The summed E-state index contributed by atoms with van der Waals surface area (Å²) in [7, 11) is 0. The third-order valence-corrected chi connectivity index (χ3v) is 6.61. The van der Waals surface area contributed by atoms with Gasteiger partial charge in [-0.15, -0.1) is 0 Å². The zero-order valence-corrected chi connectivity index (χ0v) is 16.4. The minimum Gasteiger partial charge on any atom is -0.490 e. The number of aromatic nitrogens is 2. The van der Waals surface area contributed by atoms with Crippen LogP contribution in [0.15, 0.2) is 18.2 Å². The summed E-state index contributed by atoms with van der Waals surface area (Å²) in [5.41, 5.74) is 6.04. The van der Waals surface area contributed by atoms with Gasteiger partial charge in [0.2, 0.25) is 0 Å². The summed E-state index contributed by atoms with van der Waals surface area (Å²) in [5, 5.41) is 5.25. The monoisotopic (exact) mass is 398 g/mol. The number of hydrogen-bond donors (Lipinski definition) is 1. The summed E-state index contributed by atoms with van der Waals surface area (Å²) in [6.45, 7) is 3.17. The molecule has 29 heavy (non-hydrogen) atoms. The average molecular weight is 398 g/mol. The van der Waals surface area contributed by atoms with Gasteiger partial charge < -0.3 is 20.1 Å². The van der Waals surface area contributed by atoms with Crippen LogP contribution in [0.25, 0.3) is 10.9 Å². The van der Waals surface area contributed by atoms with Crippen molar-refractivity contribution in [3.05, 3.63) is 23.9 Å². The number of rotatable bonds is 4. The second-order valence-electron chi connectivity index (χ2n) is 8.41. The maximum atomic E-state index is 12.5. The Bertz CT molecular complexity index is 942. The number of nitrogens with zero attached hydrogens (tertiary/aromatic N) is 3. The molecule has 1 amide bonds. The first-order valence-corrected chi connectivity index (χ1v) is 10.5. The van der Waals surface area contributed by atoms with Gasteiger partial charge >= 0.3 is 12.1 Å². The predicted molar refractivity (Wildman–Crippen MR) is 106 cm³/mol. The Morgan fingerprint density at radius 1 is 1.10 bits per heavy atom. The molecule has 1 aliphatic carbocycles. The smallest absolute Gasteiger partial charge is 0.412 e. The van der Waals surface area contributed by atoms with Crippen molar-refractivity contribution >= 4 is 23.0 Å². The third-order valence-electron chi connectivity index (χ3n) is 6.61. The highest BCUT2D eigenvalue weighted by Gasteiger charge is 2.37. The van der Waals surface area contributed by atoms with E-state index in [-0.39, 0.29) is 17.8 Å². The van der Waals surface area contributed by atoms with Crippen LogP contribution >= 0.6 is 0 Å². The van der Waals surface area contributed by atoms with Crippen molar-refractivity contribution < 1.29 is 19.1 Å². The normalized spacial score (nSPS) is 26.7. The van der Waals surface area contributed by atoms with Crippen LogP contribution in [0.1, 0.15) is 55.1 Å². The molecule has 8 nitrogen and oxygen atoms in total. The molecule has 1 aromatic carbocycles. The van der Waals surface area contributed by atoms with E-state index in [1.54, 1.807) is 0 Å². The SMILES string of the molecule is NC(=O)OC(=O)c1nn([C@@H]2CN3CCC2CC3)c2ccc(OC3CCCC3)cc12. The number of esters is 1. The van der Waals surface area contributed by atoms with Gasteiger partial charge in [0.05, 0.1) is 17.7 Å². The topological polar surface area (TPSA) is 99.7 Å². The highest BCUT2D eigenvalue weighted by atomic mass is 16.6. The fraction of sp³-hybridized carbons (Fsp3) is 0.571. The molecular weight excluding hydrogens is 372 g/mol. The third kappa shape index (κ3) is 3.46. The molecule has 4 fully saturated rings. The lowest BCUT2D eigenvalue weighted by atomic mass is 9.84. The zero-order chi connectivity index (χ0) is 20.0. The molecule has 0 unspecified atom stereocenters. The minimum atomic E-state index is -1.13. The van der Waals surface area contributed by atoms with Crippen LogP contribution in [-0.2, 0) is 4.74 Å². The van der Waals surface area contributed by atoms with Crippen molar-refractivity contribution in [1.29, 1.82) is 0 Å². The van der Waals surface area contributed by atoms with Gasteiger partial charge in [-0.3, -0.25) is 4.68 Å². The Kier molecular flexibility index (Phi) is 4.66. The van der Waals surface area contributed by atoms with Crippen LogP contribution in [0, 0.1) is 5.92 Å². The van der Waals surface area contributed by atoms with Crippen molar-refractivity contribution in [3.63, 3.8) is 0 Å². The van der Waals surface area contributed by atoms with E-state index in [0.29, 0.717) is 17.1 Å². The number of benzene rings is 1. The van der Waals surface area contributed by atoms with Gasteiger partial charge in [0.25, 0.3) is 0 Å². The van der Waals surface area contributed by atoms with Gasteiger partial charge in [0.1, 0.15) is 5.75 Å². The number of ether oxygens (including phenoxy) is 2. The Hall–Kier alpha value is -2.61. The molecule has 2 bridgehead atoms. The summed E-state index contributed by atoms with van der Waals surface area (Å²) in [4.78, 5) is 26.1. The Balaban J connectivity index is 1.54. The van der Waals surface area contributed by atoms with Crippen LogP contribution in [0.5, 0.6) is 5.75 Å². The first kappa shape index (κ1) is 18.4. The molecule has 2 aromatic rings. The van der Waals surface area contributed by atoms with Crippen LogP contribution in [0.3, 0.4) is 0 Å². The number of fused-ring (bicyclic) bond motifs is 4. The van der Waals surface area contributed by atoms with Crippen molar-refractivity contribution in [2.75, 3.05) is 19.6 Å². The van der Waals surface area contributed by atoms with E-state index in [4.69, 9.17) is 10.5 Å². The quantitative estimate of drug-likeness (QED) is 0.628. The van der Waals surface area contributed by atoms with E-state index in [2.05, 4.69) is 14.7 Å². The molecule has 0 radical (unpaired) electrons. The molecule has 4 heterocycles. The standard InChI is InChI=1S/C21H26N4O4/c22-21(27)29-20(26)19-16-11-15(28-14-3-1-2-4-14)5-6-17(16)25(23-19)18-12-24-9-7-13(18)8-10-24/h5-6,11,13-14,18H,1-4,7-10,12H2,(H2,22,27)/t18-/m1/s1. The van der Waals surface area contributed by atoms with Gasteiger partial charge in [-0.05, 0) is 75.7 Å². The van der Waals surface area contributed by atoms with Gasteiger partial charge in [0.15, 0.2) is 5.69 Å². The Labute approximate surface area is 168 Å². The molecule has 1 saturated carbocycles. The van der Waals surface area contributed by atoms with E-state index < -0.39 is 12.1 Å². The number of carbonyl (C=O) groups is 2. The maximum absolute atomic E-state index is 12.5. The summed E-state index contributed by atoms with van der Waals surface area (Å²) in [6, 6.07) is 5.96. The summed E-state index contributed by atoms with van der Waals surface area (Å²) in [5.74, 6) is 0.434. The maximum Gasteiger partial charge on any atom is 0.412 e. The highest BCUT2D eigenvalue weighted by Crippen LogP contribution is 2.38. The van der Waals surface area contributed by atoms with Crippen LogP contribution in [-0.4, -0.2) is 52.5 Å². The van der Waals surface area contributed by atoms with Crippen molar-refractivity contribution in [1.82, 2.24) is 14.7 Å². The first-order valence-electron chi connectivity index (χ1n) is 10.5. The first-order chi connectivity index (χ1) is 14.1. The number of carbonyl (C=O) groups excluding carboxylic acids is 2. The number of amides is 1. The fourth-order valence-corrected chi connectivity index (χ4v) is 5.15. The molecule has 8 heteroatoms. The number of primary amides is 1. The van der Waals surface area contributed by atoms with E-state index >= 15 is 0 Å². The number of piperidine rings is 3. The summed E-state index contributed by atoms with van der Waals surface area (Å²) >= 11 is 0. The van der Waals surface area contributed by atoms with E-state index in [1.165, 1.54) is 12.8 Å². The second kappa shape index (κ2) is 7.33. The van der Waals surface area contributed by atoms with Gasteiger partial charge in [-0.25, -0.2) is 9.59 Å². The van der Waals surface area contributed by atoms with Crippen molar-refractivity contribution in [2.45, 2.75) is 50.7 Å². The molecule has 1 aromatic heterocycles. The van der Waals surface area contributed by atoms with E-state index in [9.17, 15) is 9.59 Å². The Morgan fingerprint density at radius 3 is 2.52 bits per heavy atom. The molecule has 2 N–H and O–H groups in total. The zero-order valence-electron chi connectivity index (χ0n) is 16.4. The lowest BCUT2D eigenvalue weighted by molar-refractivity contribution is 0.0518. The molecule has 1 atom stereocenters.